The number of allylic oxidation sites excluding steroid dienone is 1. The summed E-state index contributed by atoms with van der Waals surface area (Å²) in [7, 11) is 0. The average Bonchev–Trinajstić information content (AvgIpc) is 3.59. The molecule has 5 aromatic rings. The zero-order chi connectivity index (χ0) is 43.6. The van der Waals surface area contributed by atoms with E-state index in [4.69, 9.17) is 18.6 Å². The van der Waals surface area contributed by atoms with Gasteiger partial charge in [-0.1, -0.05) is 98.3 Å². The highest BCUT2D eigenvalue weighted by molar-refractivity contribution is 5.90. The Balaban J connectivity index is 1.17. The second-order valence-corrected chi connectivity index (χ2v) is 18.8. The summed E-state index contributed by atoms with van der Waals surface area (Å²) >= 11 is 0. The van der Waals surface area contributed by atoms with Gasteiger partial charge in [0.25, 0.3) is 0 Å². The van der Waals surface area contributed by atoms with Crippen LogP contribution < -0.4 is 15.7 Å². The van der Waals surface area contributed by atoms with Gasteiger partial charge in [-0.25, -0.2) is 9.59 Å². The molecule has 2 bridgehead atoms. The molecule has 8 heteroatoms. The predicted molar refractivity (Wildman–Crippen MR) is 244 cm³/mol. The average molecular weight is 836 g/mol. The van der Waals surface area contributed by atoms with E-state index in [0.29, 0.717) is 47.3 Å². The van der Waals surface area contributed by atoms with Crippen LogP contribution in [0, 0.1) is 5.92 Å². The molecule has 0 amide bonds. The van der Waals surface area contributed by atoms with Crippen molar-refractivity contribution in [3.05, 3.63) is 157 Å². The van der Waals surface area contributed by atoms with Crippen molar-refractivity contribution in [2.45, 2.75) is 129 Å². The quantitative estimate of drug-likeness (QED) is 0.0678. The summed E-state index contributed by atoms with van der Waals surface area (Å²) in [5, 5.41) is 4.21. The molecule has 1 aliphatic carbocycles. The number of fused-ring (bicyclic) bond motifs is 15. The van der Waals surface area contributed by atoms with E-state index in [1.807, 2.05) is 45.9 Å². The molecule has 0 radical (unpaired) electrons. The lowest BCUT2D eigenvalue weighted by atomic mass is 9.81. The fourth-order valence-electron chi connectivity index (χ4n) is 10.0. The van der Waals surface area contributed by atoms with Crippen molar-refractivity contribution in [3.63, 3.8) is 0 Å². The molecule has 324 valence electrons. The van der Waals surface area contributed by atoms with Crippen LogP contribution in [0.5, 0.6) is 5.75 Å². The fourth-order valence-corrected chi connectivity index (χ4v) is 10.0. The Labute approximate surface area is 366 Å². The first kappa shape index (κ1) is 43.2. The molecular formula is C54H61NO7. The number of carbonyl (C=O) groups is 2. The number of benzene rings is 4. The minimum atomic E-state index is -1.11. The van der Waals surface area contributed by atoms with E-state index >= 15 is 0 Å². The van der Waals surface area contributed by atoms with Gasteiger partial charge < -0.3 is 23.9 Å². The van der Waals surface area contributed by atoms with Crippen LogP contribution in [0.15, 0.2) is 111 Å². The first-order chi connectivity index (χ1) is 29.8. The van der Waals surface area contributed by atoms with E-state index in [1.165, 1.54) is 16.7 Å². The van der Waals surface area contributed by atoms with Crippen molar-refractivity contribution in [1.29, 1.82) is 0 Å². The second-order valence-electron chi connectivity index (χ2n) is 18.8. The highest BCUT2D eigenvalue weighted by Crippen LogP contribution is 2.50. The van der Waals surface area contributed by atoms with Crippen LogP contribution in [0.1, 0.15) is 124 Å². The molecule has 4 aromatic carbocycles. The highest BCUT2D eigenvalue weighted by Gasteiger charge is 2.51. The Hall–Kier alpha value is -5.47. The van der Waals surface area contributed by atoms with Crippen molar-refractivity contribution in [2.24, 2.45) is 5.92 Å². The number of esters is 2. The lowest BCUT2D eigenvalue weighted by molar-refractivity contribution is -0.188. The molecule has 0 spiro atoms. The van der Waals surface area contributed by atoms with E-state index in [9.17, 15) is 14.4 Å². The summed E-state index contributed by atoms with van der Waals surface area (Å²) in [6.45, 7) is 13.4. The van der Waals surface area contributed by atoms with Gasteiger partial charge in [-0.2, -0.15) is 0 Å². The summed E-state index contributed by atoms with van der Waals surface area (Å²) in [6, 6.07) is 31.6. The van der Waals surface area contributed by atoms with E-state index in [0.717, 1.165) is 79.3 Å². The summed E-state index contributed by atoms with van der Waals surface area (Å²) in [5.74, 6) is -0.498. The third-order valence-corrected chi connectivity index (χ3v) is 13.5. The summed E-state index contributed by atoms with van der Waals surface area (Å²) in [6.07, 6.45) is 4.61. The zero-order valence-electron chi connectivity index (χ0n) is 37.2. The van der Waals surface area contributed by atoms with Crippen LogP contribution in [0.3, 0.4) is 0 Å². The van der Waals surface area contributed by atoms with Gasteiger partial charge in [-0.05, 0) is 150 Å². The van der Waals surface area contributed by atoms with Gasteiger partial charge >= 0.3 is 17.6 Å². The van der Waals surface area contributed by atoms with Gasteiger partial charge in [0.2, 0.25) is 0 Å². The zero-order valence-corrected chi connectivity index (χ0v) is 37.2. The number of hydrogen-bond donors (Lipinski definition) is 1. The molecule has 0 fully saturated rings. The van der Waals surface area contributed by atoms with Crippen molar-refractivity contribution < 1.29 is 28.2 Å². The van der Waals surface area contributed by atoms with Gasteiger partial charge in [-0.3, -0.25) is 4.79 Å². The Morgan fingerprint density at radius 2 is 1.53 bits per heavy atom. The third-order valence-electron chi connectivity index (χ3n) is 13.5. The monoisotopic (exact) mass is 835 g/mol. The lowest BCUT2D eigenvalue weighted by Crippen LogP contribution is -2.52. The number of aryl methyl sites for hydroxylation is 3. The minimum absolute atomic E-state index is 0.0433. The third kappa shape index (κ3) is 9.17. The smallest absolute Gasteiger partial charge is 0.340 e. The number of ether oxygens (including phenoxy) is 3. The minimum Gasteiger partial charge on any atom is -0.483 e. The second kappa shape index (κ2) is 18.1. The number of carbonyl (C=O) groups excluding carboxylic acids is 2. The number of nitrogens with one attached hydrogen (secondary N) is 1. The fraction of sp³-hybridized carbons (Fsp3) is 0.426. The van der Waals surface area contributed by atoms with Crippen LogP contribution in [0.4, 0.5) is 0 Å². The van der Waals surface area contributed by atoms with Crippen molar-refractivity contribution >= 4 is 22.9 Å². The van der Waals surface area contributed by atoms with Crippen molar-refractivity contribution in [3.8, 4) is 5.75 Å². The van der Waals surface area contributed by atoms with Crippen molar-refractivity contribution in [1.82, 2.24) is 5.32 Å². The molecule has 1 aromatic heterocycles. The Morgan fingerprint density at radius 3 is 2.29 bits per heavy atom. The molecule has 8 nitrogen and oxygen atoms in total. The Morgan fingerprint density at radius 1 is 0.790 bits per heavy atom. The van der Waals surface area contributed by atoms with Crippen molar-refractivity contribution in [2.75, 3.05) is 13.1 Å². The molecule has 4 atom stereocenters. The summed E-state index contributed by atoms with van der Waals surface area (Å²) in [5.41, 5.74) is 8.02. The van der Waals surface area contributed by atoms with Crippen LogP contribution in [-0.4, -0.2) is 36.7 Å². The standard InChI is InChI=1S/C54H61NO7/c1-7-55-29-28-54(6)27-26-42-43-24-25-44-46(48(43)60-52(58)47(42)54)49-50(53(4,5)62-44)61-51(57)41(34(2)3)23-22-35-16-18-38(19-17-35)32-40(33-45(56)59-49)21-20-37-14-11-15-39(31-37)30-36-12-9-8-10-13-36/h8-19,24-25,31,40,49-50,55H,7,20-23,26-30,32-33H2,1-6H3/t40-,49-,50-,54+/m0/s1. The molecule has 4 aliphatic rings. The van der Waals surface area contributed by atoms with Gasteiger partial charge in [-0.15, -0.1) is 0 Å². The highest BCUT2D eigenvalue weighted by atomic mass is 16.6. The molecule has 0 saturated heterocycles. The maximum absolute atomic E-state index is 14.6. The van der Waals surface area contributed by atoms with E-state index in [2.05, 4.69) is 92.0 Å². The van der Waals surface area contributed by atoms with E-state index < -0.39 is 29.7 Å². The van der Waals surface area contributed by atoms with Crippen LogP contribution in [0.2, 0.25) is 0 Å². The first-order valence-electron chi connectivity index (χ1n) is 22.6. The SMILES string of the molecule is CCNCC[C@@]1(C)CCc2c1c(=O)oc1c3c(ccc21)OC(C)(C)[C@H]1OC(=O)C(=C(C)C)CCc2ccc(cc2)C[C@H](CCc2cccc(Cc4ccccc4)c2)CC(=O)O[C@@H]31. The molecule has 1 N–H and O–H groups in total. The van der Waals surface area contributed by atoms with E-state index in [-0.39, 0.29) is 23.4 Å². The topological polar surface area (TPSA) is 104 Å². The van der Waals surface area contributed by atoms with Crippen LogP contribution in [0.25, 0.3) is 11.0 Å². The maximum Gasteiger partial charge on any atom is 0.340 e. The maximum atomic E-state index is 14.6. The normalized spacial score (nSPS) is 22.3. The number of rotatable bonds is 9. The predicted octanol–water partition coefficient (Wildman–Crippen LogP) is 10.4. The van der Waals surface area contributed by atoms with Gasteiger partial charge in [0, 0.05) is 28.4 Å². The van der Waals surface area contributed by atoms with E-state index in [1.54, 1.807) is 0 Å². The Bertz CT molecular complexity index is 2530. The molecule has 3 aliphatic heterocycles. The number of hydrogen-bond acceptors (Lipinski definition) is 8. The van der Waals surface area contributed by atoms with Gasteiger partial charge in [0.1, 0.15) is 16.9 Å². The molecular weight excluding hydrogens is 775 g/mol. The van der Waals surface area contributed by atoms with Gasteiger partial charge in [0.05, 0.1) is 5.56 Å². The molecule has 9 rings (SSSR count). The van der Waals surface area contributed by atoms with Crippen LogP contribution in [-0.2, 0) is 56.6 Å². The Kier molecular flexibility index (Phi) is 12.6. The van der Waals surface area contributed by atoms with Crippen LogP contribution >= 0.6 is 0 Å². The summed E-state index contributed by atoms with van der Waals surface area (Å²) < 4.78 is 26.2. The molecule has 4 heterocycles. The molecule has 0 unspecified atom stereocenters. The largest absolute Gasteiger partial charge is 0.483 e. The molecule has 62 heavy (non-hydrogen) atoms. The molecule has 0 saturated carbocycles. The first-order valence-corrected chi connectivity index (χ1v) is 22.6. The van der Waals surface area contributed by atoms with Gasteiger partial charge in [0.15, 0.2) is 12.2 Å². The lowest BCUT2D eigenvalue weighted by Gasteiger charge is -2.43. The summed E-state index contributed by atoms with van der Waals surface area (Å²) in [4.78, 5) is 43.1.